The van der Waals surface area contributed by atoms with Crippen LogP contribution in [0.4, 0.5) is 0 Å². The molecule has 0 unspecified atom stereocenters. The van der Waals surface area contributed by atoms with Crippen molar-refractivity contribution in [2.75, 3.05) is 6.54 Å². The molecule has 48 valence electrons. The van der Waals surface area contributed by atoms with Crippen molar-refractivity contribution in [1.82, 2.24) is 0 Å². The Labute approximate surface area is 51.6 Å². The van der Waals surface area contributed by atoms with Crippen LogP contribution in [-0.2, 0) is 0 Å². The number of nitrogens with two attached hydrogens (primary N) is 1. The topological polar surface area (TPSA) is 26.0 Å². The van der Waals surface area contributed by atoms with E-state index in [1.54, 1.807) is 0 Å². The largest absolute Gasteiger partial charge is 0.327 e. The van der Waals surface area contributed by atoms with Crippen LogP contribution in [0.1, 0.15) is 20.8 Å². The van der Waals surface area contributed by atoms with Gasteiger partial charge in [-0.05, 0) is 12.8 Å². The summed E-state index contributed by atoms with van der Waals surface area (Å²) in [5.41, 5.74) is 6.67. The molecule has 0 atom stereocenters. The fourth-order valence-corrected chi connectivity index (χ4v) is 0.422. The second kappa shape index (κ2) is 3.67. The molecular weight excluding hydrogens is 98.1 g/mol. The Kier molecular flexibility index (Phi) is 3.53. The molecule has 0 heterocycles. The third kappa shape index (κ3) is 2.80. The molecule has 1 heteroatoms. The highest BCUT2D eigenvalue weighted by atomic mass is 14.5. The van der Waals surface area contributed by atoms with E-state index in [4.69, 9.17) is 5.73 Å². The zero-order chi connectivity index (χ0) is 6.57. The first kappa shape index (κ1) is 7.70. The standard InChI is InChI=1S/C7H15N/c1-6(2)7(3)4-5-8/h4,6H,5,8H2,1-3H3/b7-4+. The minimum absolute atomic E-state index is 0.651. The van der Waals surface area contributed by atoms with E-state index in [0.717, 1.165) is 0 Å². The Bertz CT molecular complexity index is 82.4. The first-order chi connectivity index (χ1) is 3.68. The first-order valence-electron chi connectivity index (χ1n) is 3.05. The van der Waals surface area contributed by atoms with Gasteiger partial charge in [0.25, 0.3) is 0 Å². The summed E-state index contributed by atoms with van der Waals surface area (Å²) in [6, 6.07) is 0. The van der Waals surface area contributed by atoms with Gasteiger partial charge in [-0.15, -0.1) is 0 Å². The van der Waals surface area contributed by atoms with Gasteiger partial charge in [-0.2, -0.15) is 0 Å². The summed E-state index contributed by atoms with van der Waals surface area (Å²) in [6.45, 7) is 7.12. The minimum atomic E-state index is 0.651. The number of hydrogen-bond donors (Lipinski definition) is 1. The van der Waals surface area contributed by atoms with Gasteiger partial charge in [-0.25, -0.2) is 0 Å². The zero-order valence-electron chi connectivity index (χ0n) is 5.94. The van der Waals surface area contributed by atoms with Gasteiger partial charge in [0.2, 0.25) is 0 Å². The summed E-state index contributed by atoms with van der Waals surface area (Å²) < 4.78 is 0. The van der Waals surface area contributed by atoms with Crippen LogP contribution in [0, 0.1) is 5.92 Å². The first-order valence-corrected chi connectivity index (χ1v) is 3.05. The summed E-state index contributed by atoms with van der Waals surface area (Å²) >= 11 is 0. The molecule has 0 saturated heterocycles. The molecule has 0 aromatic carbocycles. The van der Waals surface area contributed by atoms with Crippen LogP contribution < -0.4 is 5.73 Å². The Morgan fingerprint density at radius 1 is 1.62 bits per heavy atom. The van der Waals surface area contributed by atoms with Gasteiger partial charge in [0.1, 0.15) is 0 Å². The van der Waals surface area contributed by atoms with Crippen LogP contribution in [0.5, 0.6) is 0 Å². The molecule has 0 radical (unpaired) electrons. The van der Waals surface area contributed by atoms with E-state index in [1.807, 2.05) is 0 Å². The lowest BCUT2D eigenvalue weighted by Crippen LogP contribution is -1.97. The Morgan fingerprint density at radius 2 is 2.12 bits per heavy atom. The molecule has 0 amide bonds. The predicted octanol–water partition coefficient (Wildman–Crippen LogP) is 1.55. The van der Waals surface area contributed by atoms with Crippen molar-refractivity contribution in [2.24, 2.45) is 11.7 Å². The van der Waals surface area contributed by atoms with Crippen LogP contribution in [0.2, 0.25) is 0 Å². The van der Waals surface area contributed by atoms with Gasteiger partial charge in [0.15, 0.2) is 0 Å². The summed E-state index contributed by atoms with van der Waals surface area (Å²) in [4.78, 5) is 0. The second-order valence-corrected chi connectivity index (χ2v) is 2.34. The highest BCUT2D eigenvalue weighted by Crippen LogP contribution is 2.05. The van der Waals surface area contributed by atoms with Crippen molar-refractivity contribution < 1.29 is 0 Å². The SMILES string of the molecule is C/C(=C\CN)C(C)C. The third-order valence-electron chi connectivity index (χ3n) is 1.35. The summed E-state index contributed by atoms with van der Waals surface area (Å²) in [5.74, 6) is 0.651. The fraction of sp³-hybridized carbons (Fsp3) is 0.714. The van der Waals surface area contributed by atoms with E-state index in [9.17, 15) is 0 Å². The summed E-state index contributed by atoms with van der Waals surface area (Å²) in [5, 5.41) is 0. The number of rotatable bonds is 2. The van der Waals surface area contributed by atoms with Crippen molar-refractivity contribution in [1.29, 1.82) is 0 Å². The van der Waals surface area contributed by atoms with Crippen molar-refractivity contribution in [3.05, 3.63) is 11.6 Å². The van der Waals surface area contributed by atoms with Gasteiger partial charge in [-0.1, -0.05) is 25.5 Å². The molecule has 0 aromatic heterocycles. The van der Waals surface area contributed by atoms with Crippen molar-refractivity contribution >= 4 is 0 Å². The average Bonchev–Trinajstić information content (AvgIpc) is 1.67. The Morgan fingerprint density at radius 3 is 2.25 bits per heavy atom. The number of hydrogen-bond acceptors (Lipinski definition) is 1. The van der Waals surface area contributed by atoms with E-state index in [0.29, 0.717) is 12.5 Å². The zero-order valence-corrected chi connectivity index (χ0v) is 5.94. The smallest absolute Gasteiger partial charge is 0.0109 e. The molecular formula is C7H15N. The highest BCUT2D eigenvalue weighted by molar-refractivity contribution is 5.00. The molecule has 0 aliphatic rings. The normalized spacial score (nSPS) is 12.9. The Balaban J connectivity index is 3.61. The molecule has 0 bridgehead atoms. The maximum Gasteiger partial charge on any atom is 0.0109 e. The fourth-order valence-electron chi connectivity index (χ4n) is 0.422. The molecule has 0 spiro atoms. The van der Waals surface area contributed by atoms with Crippen LogP contribution in [0.15, 0.2) is 11.6 Å². The maximum absolute atomic E-state index is 5.29. The third-order valence-corrected chi connectivity index (χ3v) is 1.35. The van der Waals surface area contributed by atoms with E-state index in [2.05, 4.69) is 26.8 Å². The van der Waals surface area contributed by atoms with E-state index in [-0.39, 0.29) is 0 Å². The molecule has 2 N–H and O–H groups in total. The molecule has 0 fully saturated rings. The average molecular weight is 113 g/mol. The van der Waals surface area contributed by atoms with Crippen molar-refractivity contribution in [3.8, 4) is 0 Å². The molecule has 1 nitrogen and oxygen atoms in total. The lowest BCUT2D eigenvalue weighted by atomic mass is 10.1. The molecule has 0 aliphatic carbocycles. The predicted molar refractivity (Wildman–Crippen MR) is 37.6 cm³/mol. The molecule has 0 aliphatic heterocycles. The van der Waals surface area contributed by atoms with Gasteiger partial charge in [0, 0.05) is 6.54 Å². The van der Waals surface area contributed by atoms with Crippen LogP contribution in [0.3, 0.4) is 0 Å². The Hall–Kier alpha value is -0.300. The van der Waals surface area contributed by atoms with E-state index < -0.39 is 0 Å². The molecule has 0 rings (SSSR count). The van der Waals surface area contributed by atoms with E-state index in [1.165, 1.54) is 5.57 Å². The highest BCUT2D eigenvalue weighted by Gasteiger charge is 1.91. The summed E-state index contributed by atoms with van der Waals surface area (Å²) in [6.07, 6.45) is 2.06. The van der Waals surface area contributed by atoms with Gasteiger partial charge < -0.3 is 5.73 Å². The van der Waals surface area contributed by atoms with Gasteiger partial charge in [0.05, 0.1) is 0 Å². The van der Waals surface area contributed by atoms with Crippen LogP contribution >= 0.6 is 0 Å². The lowest BCUT2D eigenvalue weighted by molar-refractivity contribution is 0.764. The maximum atomic E-state index is 5.29. The number of allylic oxidation sites excluding steroid dienone is 1. The van der Waals surface area contributed by atoms with Crippen LogP contribution in [0.25, 0.3) is 0 Å². The second-order valence-electron chi connectivity index (χ2n) is 2.34. The molecule has 0 saturated carbocycles. The van der Waals surface area contributed by atoms with Crippen molar-refractivity contribution in [3.63, 3.8) is 0 Å². The quantitative estimate of drug-likeness (QED) is 0.540. The minimum Gasteiger partial charge on any atom is -0.327 e. The molecule has 0 aromatic rings. The lowest BCUT2D eigenvalue weighted by Gasteiger charge is -2.01. The van der Waals surface area contributed by atoms with Gasteiger partial charge in [-0.3, -0.25) is 0 Å². The summed E-state index contributed by atoms with van der Waals surface area (Å²) in [7, 11) is 0. The van der Waals surface area contributed by atoms with Crippen LogP contribution in [-0.4, -0.2) is 6.54 Å². The van der Waals surface area contributed by atoms with Gasteiger partial charge >= 0.3 is 0 Å². The van der Waals surface area contributed by atoms with E-state index >= 15 is 0 Å². The molecule has 8 heavy (non-hydrogen) atoms. The van der Waals surface area contributed by atoms with Crippen molar-refractivity contribution in [2.45, 2.75) is 20.8 Å². The monoisotopic (exact) mass is 113 g/mol.